The number of pyridine rings is 1. The third-order valence-corrected chi connectivity index (χ3v) is 5.19. The molecule has 5 heteroatoms. The number of carbonyl (C=O) groups excluding carboxylic acids is 1. The van der Waals surface area contributed by atoms with Crippen LogP contribution >= 0.6 is 12.2 Å². The van der Waals surface area contributed by atoms with Gasteiger partial charge in [0.1, 0.15) is 0 Å². The lowest BCUT2D eigenvalue weighted by molar-refractivity contribution is 0.262. The van der Waals surface area contributed by atoms with Gasteiger partial charge in [-0.05, 0) is 65.6 Å². The normalized spacial score (nSPS) is 13.0. The lowest BCUT2D eigenvalue weighted by Gasteiger charge is -2.13. The number of urea groups is 1. The van der Waals surface area contributed by atoms with Crippen LogP contribution in [0.2, 0.25) is 0 Å². The number of aromatic nitrogens is 1. The largest absolute Gasteiger partial charge is 0.323 e. The van der Waals surface area contributed by atoms with Gasteiger partial charge in [-0.2, -0.15) is 0 Å². The smallest absolute Gasteiger partial charge is 0.308 e. The van der Waals surface area contributed by atoms with Gasteiger partial charge in [0, 0.05) is 34.6 Å². The van der Waals surface area contributed by atoms with Crippen molar-refractivity contribution in [2.45, 2.75) is 13.3 Å². The predicted octanol–water partition coefficient (Wildman–Crippen LogP) is 6.41. The number of thiocarbonyl (C=S) groups is 1. The molecule has 3 aromatic rings. The van der Waals surface area contributed by atoms with E-state index in [4.69, 9.17) is 12.2 Å². The van der Waals surface area contributed by atoms with Crippen LogP contribution in [0.4, 0.5) is 16.2 Å². The molecule has 1 aliphatic rings. The standard InChI is InChI=1S/C25H21N3OS/c1-17-15-19(13-14-26-17)18-9-11-21(12-10-18)27-25(29)28-22-6-4-5-20(16-22)23-7-2-3-8-24(23)30/h2-7,9-16H,8H2,1H3,(H2,27,28,29). The van der Waals surface area contributed by atoms with Crippen LogP contribution in [0.15, 0.2) is 85.1 Å². The Bertz CT molecular complexity index is 1160. The van der Waals surface area contributed by atoms with E-state index >= 15 is 0 Å². The van der Waals surface area contributed by atoms with Crippen LogP contribution in [0.3, 0.4) is 0 Å². The average Bonchev–Trinajstić information content (AvgIpc) is 2.75. The first kappa shape index (κ1) is 19.7. The van der Waals surface area contributed by atoms with Gasteiger partial charge < -0.3 is 10.6 Å². The summed E-state index contributed by atoms with van der Waals surface area (Å²) in [5, 5.41) is 5.77. The van der Waals surface area contributed by atoms with Crippen LogP contribution in [0.5, 0.6) is 0 Å². The molecule has 1 heterocycles. The summed E-state index contributed by atoms with van der Waals surface area (Å²) in [4.78, 5) is 17.6. The van der Waals surface area contributed by atoms with Crippen LogP contribution in [-0.4, -0.2) is 15.9 Å². The van der Waals surface area contributed by atoms with Gasteiger partial charge in [0.15, 0.2) is 0 Å². The monoisotopic (exact) mass is 411 g/mol. The minimum Gasteiger partial charge on any atom is -0.308 e. The van der Waals surface area contributed by atoms with E-state index < -0.39 is 0 Å². The molecule has 2 amide bonds. The highest BCUT2D eigenvalue weighted by atomic mass is 32.1. The quantitative estimate of drug-likeness (QED) is 0.488. The summed E-state index contributed by atoms with van der Waals surface area (Å²) in [7, 11) is 0. The molecule has 0 bridgehead atoms. The van der Waals surface area contributed by atoms with Crippen molar-refractivity contribution in [2.75, 3.05) is 10.6 Å². The molecule has 0 saturated heterocycles. The number of rotatable bonds is 4. The first-order chi connectivity index (χ1) is 14.6. The highest BCUT2D eigenvalue weighted by molar-refractivity contribution is 7.81. The van der Waals surface area contributed by atoms with Gasteiger partial charge in [-0.25, -0.2) is 4.79 Å². The van der Waals surface area contributed by atoms with Gasteiger partial charge in [-0.3, -0.25) is 4.98 Å². The lowest BCUT2D eigenvalue weighted by Crippen LogP contribution is -2.19. The van der Waals surface area contributed by atoms with Gasteiger partial charge in [-0.15, -0.1) is 0 Å². The SMILES string of the molecule is Cc1cc(-c2ccc(NC(=O)Nc3cccc(C4=CC=CCC4=S)c3)cc2)ccn1. The first-order valence-electron chi connectivity index (χ1n) is 9.70. The second-order valence-corrected chi connectivity index (χ2v) is 7.55. The number of nitrogens with zero attached hydrogens (tertiary/aromatic N) is 1. The van der Waals surface area contributed by atoms with E-state index in [1.807, 2.05) is 85.8 Å². The minimum absolute atomic E-state index is 0.292. The molecule has 0 aliphatic heterocycles. The molecule has 30 heavy (non-hydrogen) atoms. The van der Waals surface area contributed by atoms with Crippen molar-refractivity contribution in [3.05, 3.63) is 96.3 Å². The molecular weight excluding hydrogens is 390 g/mol. The van der Waals surface area contributed by atoms with Gasteiger partial charge in [-0.1, -0.05) is 54.7 Å². The zero-order valence-corrected chi connectivity index (χ0v) is 17.4. The van der Waals surface area contributed by atoms with Gasteiger partial charge in [0.25, 0.3) is 0 Å². The fraction of sp³-hybridized carbons (Fsp3) is 0.0800. The van der Waals surface area contributed by atoms with Gasteiger partial charge >= 0.3 is 6.03 Å². The topological polar surface area (TPSA) is 54.0 Å². The zero-order valence-electron chi connectivity index (χ0n) is 16.6. The molecule has 148 valence electrons. The maximum atomic E-state index is 12.5. The maximum Gasteiger partial charge on any atom is 0.323 e. The molecule has 0 unspecified atom stereocenters. The van der Waals surface area contributed by atoms with E-state index in [1.54, 1.807) is 6.20 Å². The Morgan fingerprint density at radius 1 is 0.933 bits per heavy atom. The van der Waals surface area contributed by atoms with E-state index in [1.165, 1.54) is 0 Å². The first-order valence-corrected chi connectivity index (χ1v) is 10.1. The highest BCUT2D eigenvalue weighted by Gasteiger charge is 2.10. The number of hydrogen-bond acceptors (Lipinski definition) is 3. The second kappa shape index (κ2) is 8.84. The number of hydrogen-bond donors (Lipinski definition) is 2. The molecule has 0 spiro atoms. The highest BCUT2D eigenvalue weighted by Crippen LogP contribution is 2.25. The minimum atomic E-state index is -0.292. The Hall–Kier alpha value is -3.57. The maximum absolute atomic E-state index is 12.5. The molecule has 2 aromatic carbocycles. The van der Waals surface area contributed by atoms with Crippen molar-refractivity contribution >= 4 is 40.1 Å². The summed E-state index contributed by atoms with van der Waals surface area (Å²) in [5.41, 5.74) is 6.60. The van der Waals surface area contributed by atoms with Crippen LogP contribution in [-0.2, 0) is 0 Å². The van der Waals surface area contributed by atoms with E-state index in [9.17, 15) is 4.79 Å². The number of allylic oxidation sites excluding steroid dienone is 4. The Morgan fingerprint density at radius 3 is 2.50 bits per heavy atom. The third kappa shape index (κ3) is 4.70. The number of aryl methyl sites for hydroxylation is 1. The number of benzene rings is 2. The molecule has 1 aromatic heterocycles. The fourth-order valence-electron chi connectivity index (χ4n) is 3.33. The molecular formula is C25H21N3OS. The molecule has 0 saturated carbocycles. The Balaban J connectivity index is 1.43. The third-order valence-electron chi connectivity index (χ3n) is 4.81. The van der Waals surface area contributed by atoms with Crippen molar-refractivity contribution in [1.29, 1.82) is 0 Å². The van der Waals surface area contributed by atoms with Crippen molar-refractivity contribution in [1.82, 2.24) is 4.98 Å². The van der Waals surface area contributed by atoms with E-state index in [-0.39, 0.29) is 6.03 Å². The Labute approximate surface area is 181 Å². The summed E-state index contributed by atoms with van der Waals surface area (Å²) in [5.74, 6) is 0. The molecule has 0 atom stereocenters. The van der Waals surface area contributed by atoms with Gasteiger partial charge in [0.2, 0.25) is 0 Å². The van der Waals surface area contributed by atoms with E-state index in [2.05, 4.69) is 15.6 Å². The summed E-state index contributed by atoms with van der Waals surface area (Å²) in [6.45, 7) is 1.97. The summed E-state index contributed by atoms with van der Waals surface area (Å²) in [6, 6.07) is 19.2. The van der Waals surface area contributed by atoms with Crippen LogP contribution in [0, 0.1) is 6.92 Å². The van der Waals surface area contributed by atoms with E-state index in [0.29, 0.717) is 5.69 Å². The van der Waals surface area contributed by atoms with Crippen molar-refractivity contribution in [3.8, 4) is 11.1 Å². The van der Waals surface area contributed by atoms with Crippen LogP contribution in [0.1, 0.15) is 17.7 Å². The predicted molar refractivity (Wildman–Crippen MR) is 128 cm³/mol. The number of carbonyl (C=O) groups is 1. The molecule has 0 radical (unpaired) electrons. The lowest BCUT2D eigenvalue weighted by atomic mass is 9.97. The number of anilines is 2. The zero-order chi connectivity index (χ0) is 20.9. The van der Waals surface area contributed by atoms with Crippen molar-refractivity contribution < 1.29 is 4.79 Å². The molecule has 4 rings (SSSR count). The molecule has 0 fully saturated rings. The molecule has 1 aliphatic carbocycles. The summed E-state index contributed by atoms with van der Waals surface area (Å²) < 4.78 is 0. The molecule has 4 nitrogen and oxygen atoms in total. The summed E-state index contributed by atoms with van der Waals surface area (Å²) in [6.07, 6.45) is 8.63. The summed E-state index contributed by atoms with van der Waals surface area (Å²) >= 11 is 5.46. The van der Waals surface area contributed by atoms with Crippen molar-refractivity contribution in [3.63, 3.8) is 0 Å². The second-order valence-electron chi connectivity index (χ2n) is 7.06. The van der Waals surface area contributed by atoms with E-state index in [0.717, 1.165) is 44.9 Å². The van der Waals surface area contributed by atoms with Crippen LogP contribution in [0.25, 0.3) is 16.7 Å². The fourth-order valence-corrected chi connectivity index (χ4v) is 3.61. The van der Waals surface area contributed by atoms with Gasteiger partial charge in [0.05, 0.1) is 0 Å². The number of amides is 2. The Morgan fingerprint density at radius 2 is 1.73 bits per heavy atom. The average molecular weight is 412 g/mol. The number of nitrogens with one attached hydrogen (secondary N) is 2. The van der Waals surface area contributed by atoms with Crippen LogP contribution < -0.4 is 10.6 Å². The Kier molecular flexibility index (Phi) is 5.82. The van der Waals surface area contributed by atoms with Crippen molar-refractivity contribution in [2.24, 2.45) is 0 Å². The molecule has 2 N–H and O–H groups in total.